The number of benzene rings is 1. The van der Waals surface area contributed by atoms with E-state index in [9.17, 15) is 0 Å². The Hall–Kier alpha value is -1.35. The highest BCUT2D eigenvalue weighted by Crippen LogP contribution is 2.58. The second-order valence-electron chi connectivity index (χ2n) is 6.29. The number of nitrogens with two attached hydrogens (primary N) is 1. The van der Waals surface area contributed by atoms with Crippen molar-refractivity contribution in [2.24, 2.45) is 30.5 Å². The van der Waals surface area contributed by atoms with E-state index >= 15 is 0 Å². The first kappa shape index (κ1) is 11.5. The highest BCUT2D eigenvalue weighted by Gasteiger charge is 2.54. The lowest BCUT2D eigenvalue weighted by atomic mass is 9.99. The van der Waals surface area contributed by atoms with Crippen LogP contribution in [0.4, 0.5) is 0 Å². The Labute approximate surface area is 113 Å². The van der Waals surface area contributed by atoms with Gasteiger partial charge >= 0.3 is 0 Å². The lowest BCUT2D eigenvalue weighted by molar-refractivity contribution is 0.480. The molecule has 1 aromatic carbocycles. The van der Waals surface area contributed by atoms with E-state index in [1.165, 1.54) is 35.9 Å². The Morgan fingerprint density at radius 1 is 1.32 bits per heavy atom. The Balaban J connectivity index is 1.58. The van der Waals surface area contributed by atoms with Gasteiger partial charge in [-0.15, -0.1) is 0 Å². The molecule has 3 nitrogen and oxygen atoms in total. The molecule has 2 aromatic rings. The van der Waals surface area contributed by atoms with Crippen molar-refractivity contribution in [3.8, 4) is 0 Å². The van der Waals surface area contributed by atoms with Crippen LogP contribution in [-0.4, -0.2) is 15.8 Å². The van der Waals surface area contributed by atoms with E-state index in [4.69, 9.17) is 5.73 Å². The molecule has 3 unspecified atom stereocenters. The molecule has 2 aliphatic rings. The van der Waals surface area contributed by atoms with Crippen LogP contribution in [0.25, 0.3) is 10.9 Å². The highest BCUT2D eigenvalue weighted by molar-refractivity contribution is 5.81. The summed E-state index contributed by atoms with van der Waals surface area (Å²) in [6, 6.07) is 8.75. The minimum absolute atomic E-state index is 0.300. The van der Waals surface area contributed by atoms with E-state index in [0.29, 0.717) is 6.04 Å². The summed E-state index contributed by atoms with van der Waals surface area (Å²) in [5.74, 6) is 2.64. The SMILES string of the molecule is Cn1nc(CC(N)C2C3CCCC32)c2ccccc21. The number of aryl methyl sites for hydroxylation is 1. The van der Waals surface area contributed by atoms with Crippen molar-refractivity contribution in [1.29, 1.82) is 0 Å². The molecule has 0 spiro atoms. The Morgan fingerprint density at radius 2 is 2.05 bits per heavy atom. The van der Waals surface area contributed by atoms with Crippen molar-refractivity contribution in [3.63, 3.8) is 0 Å². The van der Waals surface area contributed by atoms with Crippen LogP contribution in [0.2, 0.25) is 0 Å². The van der Waals surface area contributed by atoms with E-state index in [-0.39, 0.29) is 0 Å². The number of fused-ring (bicyclic) bond motifs is 2. The van der Waals surface area contributed by atoms with Gasteiger partial charge < -0.3 is 5.73 Å². The van der Waals surface area contributed by atoms with Crippen molar-refractivity contribution in [2.45, 2.75) is 31.7 Å². The Kier molecular flexibility index (Phi) is 2.46. The third kappa shape index (κ3) is 1.71. The number of aromatic nitrogens is 2. The molecule has 2 aliphatic carbocycles. The molecule has 100 valence electrons. The van der Waals surface area contributed by atoms with Gasteiger partial charge in [0.05, 0.1) is 11.2 Å². The van der Waals surface area contributed by atoms with E-state index in [1.807, 2.05) is 11.7 Å². The predicted molar refractivity (Wildman–Crippen MR) is 76.7 cm³/mol. The summed E-state index contributed by atoms with van der Waals surface area (Å²) >= 11 is 0. The standard InChI is InChI=1S/C16H21N3/c1-19-15-8-3-2-5-12(15)14(18-19)9-13(17)16-10-6-4-7-11(10)16/h2-3,5,8,10-11,13,16H,4,6-7,9,17H2,1H3. The van der Waals surface area contributed by atoms with Crippen LogP contribution in [0.5, 0.6) is 0 Å². The molecule has 0 saturated heterocycles. The van der Waals surface area contributed by atoms with Gasteiger partial charge in [-0.1, -0.05) is 24.6 Å². The third-order valence-corrected chi connectivity index (χ3v) is 5.23. The summed E-state index contributed by atoms with van der Waals surface area (Å²) in [5.41, 5.74) is 8.84. The normalized spacial score (nSPS) is 30.5. The molecule has 2 N–H and O–H groups in total. The third-order valence-electron chi connectivity index (χ3n) is 5.23. The fourth-order valence-electron chi connectivity index (χ4n) is 4.31. The largest absolute Gasteiger partial charge is 0.327 e. The number of nitrogens with zero attached hydrogens (tertiary/aromatic N) is 2. The Bertz CT molecular complexity index is 605. The number of rotatable bonds is 3. The number of hydrogen-bond acceptors (Lipinski definition) is 2. The van der Waals surface area contributed by atoms with Crippen LogP contribution in [0.3, 0.4) is 0 Å². The molecular weight excluding hydrogens is 234 g/mol. The molecule has 3 atom stereocenters. The Morgan fingerprint density at radius 3 is 2.84 bits per heavy atom. The molecule has 4 rings (SSSR count). The van der Waals surface area contributed by atoms with Crippen molar-refractivity contribution in [1.82, 2.24) is 9.78 Å². The van der Waals surface area contributed by atoms with E-state index in [1.54, 1.807) is 0 Å². The summed E-state index contributed by atoms with van der Waals surface area (Å²) in [4.78, 5) is 0. The second kappa shape index (κ2) is 4.07. The van der Waals surface area contributed by atoms with Crippen molar-refractivity contribution >= 4 is 10.9 Å². The van der Waals surface area contributed by atoms with Gasteiger partial charge in [0.2, 0.25) is 0 Å². The van der Waals surface area contributed by atoms with Crippen molar-refractivity contribution < 1.29 is 0 Å². The lowest BCUT2D eigenvalue weighted by Gasteiger charge is -2.12. The average Bonchev–Trinajstić information content (AvgIpc) is 2.77. The summed E-state index contributed by atoms with van der Waals surface area (Å²) in [6.07, 6.45) is 5.17. The summed E-state index contributed by atoms with van der Waals surface area (Å²) in [5, 5.41) is 5.94. The van der Waals surface area contributed by atoms with Gasteiger partial charge in [0, 0.05) is 24.9 Å². The number of para-hydroxylation sites is 1. The van der Waals surface area contributed by atoms with Gasteiger partial charge in [0.1, 0.15) is 0 Å². The molecule has 0 amide bonds. The lowest BCUT2D eigenvalue weighted by Crippen LogP contribution is -2.27. The van der Waals surface area contributed by atoms with Gasteiger partial charge in [-0.25, -0.2) is 0 Å². The van der Waals surface area contributed by atoms with Gasteiger partial charge in [-0.05, 0) is 36.7 Å². The van der Waals surface area contributed by atoms with Crippen LogP contribution in [0.1, 0.15) is 25.0 Å². The first-order valence-electron chi connectivity index (χ1n) is 7.42. The van der Waals surface area contributed by atoms with Crippen LogP contribution >= 0.6 is 0 Å². The van der Waals surface area contributed by atoms with Crippen LogP contribution in [0, 0.1) is 17.8 Å². The van der Waals surface area contributed by atoms with Gasteiger partial charge in [-0.3, -0.25) is 4.68 Å². The fraction of sp³-hybridized carbons (Fsp3) is 0.562. The minimum Gasteiger partial charge on any atom is -0.327 e. The molecule has 2 fully saturated rings. The highest BCUT2D eigenvalue weighted by atomic mass is 15.3. The van der Waals surface area contributed by atoms with E-state index in [2.05, 4.69) is 29.4 Å². The van der Waals surface area contributed by atoms with Crippen LogP contribution in [-0.2, 0) is 13.5 Å². The summed E-state index contributed by atoms with van der Waals surface area (Å²) in [7, 11) is 2.02. The molecule has 0 bridgehead atoms. The zero-order valence-corrected chi connectivity index (χ0v) is 11.4. The van der Waals surface area contributed by atoms with Gasteiger partial charge in [0.15, 0.2) is 0 Å². The van der Waals surface area contributed by atoms with Crippen molar-refractivity contribution in [3.05, 3.63) is 30.0 Å². The summed E-state index contributed by atoms with van der Waals surface area (Å²) < 4.78 is 1.98. The van der Waals surface area contributed by atoms with E-state index in [0.717, 1.165) is 24.2 Å². The monoisotopic (exact) mass is 255 g/mol. The fourth-order valence-corrected chi connectivity index (χ4v) is 4.31. The smallest absolute Gasteiger partial charge is 0.0718 e. The van der Waals surface area contributed by atoms with Gasteiger partial charge in [0.25, 0.3) is 0 Å². The maximum atomic E-state index is 6.45. The first-order chi connectivity index (χ1) is 9.25. The molecule has 3 heteroatoms. The minimum atomic E-state index is 0.300. The molecule has 0 aliphatic heterocycles. The molecule has 0 radical (unpaired) electrons. The summed E-state index contributed by atoms with van der Waals surface area (Å²) in [6.45, 7) is 0. The predicted octanol–water partition coefficient (Wildman–Crippen LogP) is 2.49. The van der Waals surface area contributed by atoms with Crippen LogP contribution in [0.15, 0.2) is 24.3 Å². The zero-order valence-electron chi connectivity index (χ0n) is 11.4. The van der Waals surface area contributed by atoms with Gasteiger partial charge in [-0.2, -0.15) is 5.10 Å². The van der Waals surface area contributed by atoms with Crippen molar-refractivity contribution in [2.75, 3.05) is 0 Å². The topological polar surface area (TPSA) is 43.8 Å². The van der Waals surface area contributed by atoms with Crippen LogP contribution < -0.4 is 5.73 Å². The number of hydrogen-bond donors (Lipinski definition) is 1. The second-order valence-corrected chi connectivity index (χ2v) is 6.29. The van der Waals surface area contributed by atoms with E-state index < -0.39 is 0 Å². The quantitative estimate of drug-likeness (QED) is 0.915. The molecule has 1 aromatic heterocycles. The average molecular weight is 255 g/mol. The maximum absolute atomic E-state index is 6.45. The molecule has 1 heterocycles. The molecular formula is C16H21N3. The molecule has 19 heavy (non-hydrogen) atoms. The zero-order chi connectivity index (χ0) is 13.0. The first-order valence-corrected chi connectivity index (χ1v) is 7.42. The molecule has 2 saturated carbocycles. The maximum Gasteiger partial charge on any atom is 0.0718 e.